The molecule has 4 aromatic rings. The number of benzene rings is 1. The Labute approximate surface area is 271 Å². The van der Waals surface area contributed by atoms with Gasteiger partial charge in [0.1, 0.15) is 6.04 Å². The van der Waals surface area contributed by atoms with E-state index in [1.165, 1.54) is 5.56 Å². The van der Waals surface area contributed by atoms with Crippen LogP contribution in [0.5, 0.6) is 0 Å². The molecule has 0 spiro atoms. The average Bonchev–Trinajstić information content (AvgIpc) is 3.64. The lowest BCUT2D eigenvalue weighted by Crippen LogP contribution is -2.56. The first-order valence-electron chi connectivity index (χ1n) is 15.6. The Morgan fingerprint density at radius 1 is 1.27 bits per heavy atom. The molecule has 1 saturated heterocycles. The summed E-state index contributed by atoms with van der Waals surface area (Å²) in [6.45, 7) is 9.99. The van der Waals surface area contributed by atoms with E-state index in [2.05, 4.69) is 70.7 Å². The summed E-state index contributed by atoms with van der Waals surface area (Å²) < 4.78 is 14.1. The minimum absolute atomic E-state index is 0.112. The number of hydrogen-bond donors (Lipinski definition) is 1. The van der Waals surface area contributed by atoms with Crippen LogP contribution in [0.2, 0.25) is 5.54 Å². The number of aromatic nitrogens is 3. The molecule has 235 valence electrons. The van der Waals surface area contributed by atoms with E-state index in [0.717, 1.165) is 57.1 Å². The van der Waals surface area contributed by atoms with Crippen molar-refractivity contribution in [2.45, 2.75) is 77.6 Å². The predicted octanol–water partition coefficient (Wildman–Crippen LogP) is 5.67. The van der Waals surface area contributed by atoms with Crippen molar-refractivity contribution in [1.29, 1.82) is 0 Å². The number of pyridine rings is 1. The van der Waals surface area contributed by atoms with E-state index in [9.17, 15) is 9.59 Å². The summed E-state index contributed by atoms with van der Waals surface area (Å²) in [5, 5.41) is 5.63. The minimum atomic E-state index is -0.573. The number of nitrogens with zero attached hydrogens (tertiary/aromatic N) is 4. The Morgan fingerprint density at radius 2 is 2.09 bits per heavy atom. The van der Waals surface area contributed by atoms with Crippen molar-refractivity contribution in [3.8, 4) is 22.5 Å². The summed E-state index contributed by atoms with van der Waals surface area (Å²) in [7, 11) is 5.37. The summed E-state index contributed by atoms with van der Waals surface area (Å²) in [6, 6.07) is 10.1. The first kappa shape index (κ1) is 31.6. The summed E-state index contributed by atoms with van der Waals surface area (Å²) in [6.07, 6.45) is 4.07. The van der Waals surface area contributed by atoms with Crippen LogP contribution in [0.25, 0.3) is 33.4 Å². The summed E-state index contributed by atoms with van der Waals surface area (Å²) in [5.74, 6) is -0.446. The van der Waals surface area contributed by atoms with Gasteiger partial charge < -0.3 is 14.0 Å². The normalized spacial score (nSPS) is 21.4. The van der Waals surface area contributed by atoms with Gasteiger partial charge >= 0.3 is 5.97 Å². The van der Waals surface area contributed by atoms with Crippen molar-refractivity contribution in [2.75, 3.05) is 20.3 Å². The van der Waals surface area contributed by atoms with E-state index in [-0.39, 0.29) is 24.6 Å². The van der Waals surface area contributed by atoms with Gasteiger partial charge in [0.2, 0.25) is 5.91 Å². The second kappa shape index (κ2) is 12.8. The monoisotopic (exact) mass is 642 g/mol. The molecule has 3 aromatic heterocycles. The number of methoxy groups -OCH3 is 1. The zero-order valence-electron chi connectivity index (χ0n) is 26.6. The number of carbonyl (C=O) groups is 2. The lowest BCUT2D eigenvalue weighted by atomic mass is 9.84. The Balaban J connectivity index is 1.53. The molecule has 1 aromatic carbocycles. The predicted molar refractivity (Wildman–Crippen MR) is 177 cm³/mol. The zero-order chi connectivity index (χ0) is 31.9. The highest BCUT2D eigenvalue weighted by atomic mass is 32.1. The maximum Gasteiger partial charge on any atom is 0.324 e. The lowest BCUT2D eigenvalue weighted by molar-refractivity contribution is -0.154. The highest BCUT2D eigenvalue weighted by molar-refractivity contribution is 7.10. The van der Waals surface area contributed by atoms with Crippen molar-refractivity contribution >= 4 is 44.4 Å². The summed E-state index contributed by atoms with van der Waals surface area (Å²) in [4.78, 5) is 36.4. The molecule has 11 heteroatoms. The van der Waals surface area contributed by atoms with Gasteiger partial charge in [-0.1, -0.05) is 19.9 Å². The molecule has 0 saturated carbocycles. The number of thiazole rings is 1. The second-order valence-electron chi connectivity index (χ2n) is 12.8. The molecule has 3 atom stereocenters. The Hall–Kier alpha value is -3.38. The van der Waals surface area contributed by atoms with Crippen LogP contribution in [0, 0.1) is 5.41 Å². The zero-order valence-corrected chi connectivity index (χ0v) is 28.4. The molecule has 2 aliphatic heterocycles. The number of aryl methyl sites for hydroxylation is 1. The first-order valence-corrected chi connectivity index (χ1v) is 17.1. The van der Waals surface area contributed by atoms with E-state index in [1.807, 2.05) is 19.2 Å². The maximum absolute atomic E-state index is 13.3. The molecule has 45 heavy (non-hydrogen) atoms. The third-order valence-corrected chi connectivity index (χ3v) is 10.2. The van der Waals surface area contributed by atoms with Crippen LogP contribution in [-0.4, -0.2) is 68.0 Å². The van der Waals surface area contributed by atoms with Crippen molar-refractivity contribution in [2.24, 2.45) is 5.41 Å². The number of hydrogen-bond acceptors (Lipinski definition) is 8. The Kier molecular flexibility index (Phi) is 8.97. The molecule has 1 amide bonds. The third kappa shape index (κ3) is 6.23. The molecule has 5 heterocycles. The molecular weight excluding hydrogens is 603 g/mol. The molecule has 6 bridgehead atoms. The molecule has 6 rings (SSSR count). The quantitative estimate of drug-likeness (QED) is 0.226. The van der Waals surface area contributed by atoms with Gasteiger partial charge in [-0.25, -0.2) is 10.4 Å². The van der Waals surface area contributed by atoms with Gasteiger partial charge in [0.15, 0.2) is 0 Å². The van der Waals surface area contributed by atoms with Gasteiger partial charge in [-0.15, -0.1) is 11.3 Å². The van der Waals surface area contributed by atoms with Crippen LogP contribution in [-0.2, 0) is 38.4 Å². The van der Waals surface area contributed by atoms with E-state index in [1.54, 1.807) is 23.5 Å². The first-order chi connectivity index (χ1) is 21.6. The fraction of sp³-hybridized carbons (Fsp3) is 0.471. The van der Waals surface area contributed by atoms with Gasteiger partial charge in [-0.2, -0.15) is 0 Å². The number of hydrazine groups is 1. The number of carbonyl (C=O) groups excluding carboxylic acids is 2. The number of esters is 1. The SMILES string of the molecule is CCn1c(-c2cccnc2[C@H](C)OC)c2c3cc(ccc31)-c1csc(n1)CC([Si])C(=O)N1CCC[C@H](N1)C(=O)OCC(C)(C)C2. The van der Waals surface area contributed by atoms with Crippen molar-refractivity contribution in [3.63, 3.8) is 0 Å². The highest BCUT2D eigenvalue weighted by Gasteiger charge is 2.34. The Bertz CT molecular complexity index is 1730. The van der Waals surface area contributed by atoms with Crippen LogP contribution in [0.15, 0.2) is 41.9 Å². The summed E-state index contributed by atoms with van der Waals surface area (Å²) in [5.41, 5.74) is 9.51. The average molecular weight is 643 g/mol. The van der Waals surface area contributed by atoms with E-state index < -0.39 is 17.0 Å². The number of ether oxygens (including phenoxy) is 2. The smallest absolute Gasteiger partial charge is 0.324 e. The fourth-order valence-corrected chi connectivity index (χ4v) is 7.80. The van der Waals surface area contributed by atoms with E-state index >= 15 is 0 Å². The summed E-state index contributed by atoms with van der Waals surface area (Å²) >= 11 is 1.55. The van der Waals surface area contributed by atoms with Crippen LogP contribution in [0.4, 0.5) is 0 Å². The van der Waals surface area contributed by atoms with Gasteiger partial charge in [0.05, 0.1) is 34.8 Å². The molecule has 1 N–H and O–H groups in total. The maximum atomic E-state index is 13.3. The van der Waals surface area contributed by atoms with Crippen molar-refractivity contribution < 1.29 is 19.1 Å². The topological polar surface area (TPSA) is 98.6 Å². The number of fused-ring (bicyclic) bond motifs is 6. The number of amides is 1. The largest absolute Gasteiger partial charge is 0.464 e. The molecule has 0 aliphatic carbocycles. The van der Waals surface area contributed by atoms with Gasteiger partial charge in [0.25, 0.3) is 0 Å². The van der Waals surface area contributed by atoms with E-state index in [0.29, 0.717) is 25.8 Å². The van der Waals surface area contributed by atoms with Gasteiger partial charge in [0, 0.05) is 81.4 Å². The molecule has 2 aliphatic rings. The second-order valence-corrected chi connectivity index (χ2v) is 14.4. The molecule has 3 radical (unpaired) electrons. The number of nitrogens with one attached hydrogen (secondary N) is 1. The number of cyclic esters (lactones) is 1. The molecule has 9 nitrogen and oxygen atoms in total. The van der Waals surface area contributed by atoms with E-state index in [4.69, 9.17) is 19.4 Å². The van der Waals surface area contributed by atoms with Crippen LogP contribution < -0.4 is 5.43 Å². The van der Waals surface area contributed by atoms with Gasteiger partial charge in [-0.05, 0) is 62.9 Å². The van der Waals surface area contributed by atoms with Gasteiger partial charge in [-0.3, -0.25) is 19.6 Å². The molecule has 1 unspecified atom stereocenters. The standard InChI is InChI=1S/C34H40N5O4SSi/c1-6-38-27-12-11-21-15-23(27)24(31(38)22-9-7-13-35-30(22)20(2)42-5)17-34(3,4)19-43-33(41)25-10-8-14-39(37-25)32(40)28(45)16-29-36-26(21)18-44-29/h7,9,11-13,15,18,20,25,28,37H,6,8,10,14,16-17,19H2,1-5H3/t20-,25-,28?/m0/s1. The highest BCUT2D eigenvalue weighted by Crippen LogP contribution is 2.42. The molecule has 1 fully saturated rings. The Morgan fingerprint density at radius 3 is 2.87 bits per heavy atom. The van der Waals surface area contributed by atoms with Crippen molar-refractivity contribution in [1.82, 2.24) is 25.0 Å². The third-order valence-electron chi connectivity index (χ3n) is 8.84. The number of rotatable bonds is 4. The lowest BCUT2D eigenvalue weighted by Gasteiger charge is -2.35. The van der Waals surface area contributed by atoms with Crippen LogP contribution in [0.3, 0.4) is 0 Å². The minimum Gasteiger partial charge on any atom is -0.464 e. The van der Waals surface area contributed by atoms with Crippen molar-refractivity contribution in [3.05, 3.63) is 58.2 Å². The fourth-order valence-electron chi connectivity index (χ4n) is 6.45. The molecular formula is C34H40N5O4SSi. The van der Waals surface area contributed by atoms with Crippen LogP contribution in [0.1, 0.15) is 62.9 Å². The van der Waals surface area contributed by atoms with Crippen LogP contribution >= 0.6 is 11.3 Å².